The highest BCUT2D eigenvalue weighted by Crippen LogP contribution is 2.23. The molecule has 126 valence electrons. The lowest BCUT2D eigenvalue weighted by molar-refractivity contribution is -0.121. The fourth-order valence-electron chi connectivity index (χ4n) is 2.90. The van der Waals surface area contributed by atoms with Gasteiger partial charge in [-0.3, -0.25) is 9.69 Å². The monoisotopic (exact) mass is 407 g/mol. The third kappa shape index (κ3) is 4.56. The first-order valence-corrected chi connectivity index (χ1v) is 9.17. The van der Waals surface area contributed by atoms with E-state index in [9.17, 15) is 4.79 Å². The number of nitrogens with one attached hydrogen (secondary N) is 1. The highest BCUT2D eigenvalue weighted by molar-refractivity contribution is 9.10. The minimum Gasteiger partial charge on any atom is -0.310 e. The molecule has 0 radical (unpaired) electrons. The van der Waals surface area contributed by atoms with Gasteiger partial charge in [0.1, 0.15) is 5.82 Å². The largest absolute Gasteiger partial charge is 0.310 e. The molecule has 0 aliphatic carbocycles. The van der Waals surface area contributed by atoms with Crippen molar-refractivity contribution in [2.45, 2.75) is 19.4 Å². The van der Waals surface area contributed by atoms with Crippen LogP contribution in [0, 0.1) is 5.92 Å². The van der Waals surface area contributed by atoms with Gasteiger partial charge < -0.3 is 5.32 Å². The molecule has 1 amide bonds. The molecule has 4 nitrogen and oxygen atoms in total. The zero-order valence-electron chi connectivity index (χ0n) is 13.2. The van der Waals surface area contributed by atoms with Crippen LogP contribution < -0.4 is 5.32 Å². The Bertz CT molecular complexity index is 700. The molecule has 2 aromatic rings. The molecule has 3 rings (SSSR count). The van der Waals surface area contributed by atoms with E-state index in [1.165, 1.54) is 11.8 Å². The van der Waals surface area contributed by atoms with E-state index in [-0.39, 0.29) is 11.8 Å². The molecule has 0 bridgehead atoms. The molecule has 0 unspecified atom stereocenters. The number of pyridine rings is 1. The third-order valence-electron chi connectivity index (χ3n) is 4.29. The third-order valence-corrected chi connectivity index (χ3v) is 5.29. The predicted molar refractivity (Wildman–Crippen MR) is 100 cm³/mol. The van der Waals surface area contributed by atoms with E-state index in [1.54, 1.807) is 12.1 Å². The molecule has 0 spiro atoms. The number of hydrogen-bond acceptors (Lipinski definition) is 3. The summed E-state index contributed by atoms with van der Waals surface area (Å²) in [5, 5.41) is 3.44. The Morgan fingerprint density at radius 1 is 1.25 bits per heavy atom. The normalized spacial score (nSPS) is 16.1. The maximum absolute atomic E-state index is 12.4. The number of halogens is 2. The molecular weight excluding hydrogens is 390 g/mol. The zero-order chi connectivity index (χ0) is 16.9. The van der Waals surface area contributed by atoms with Gasteiger partial charge in [-0.05, 0) is 49.7 Å². The van der Waals surface area contributed by atoms with Crippen LogP contribution in [-0.2, 0) is 11.3 Å². The van der Waals surface area contributed by atoms with Crippen LogP contribution in [-0.4, -0.2) is 28.9 Å². The fraction of sp³-hybridized carbons (Fsp3) is 0.333. The quantitative estimate of drug-likeness (QED) is 0.818. The van der Waals surface area contributed by atoms with Gasteiger partial charge >= 0.3 is 0 Å². The summed E-state index contributed by atoms with van der Waals surface area (Å²) in [4.78, 5) is 18.9. The summed E-state index contributed by atoms with van der Waals surface area (Å²) in [7, 11) is 0. The van der Waals surface area contributed by atoms with Crippen molar-refractivity contribution >= 4 is 39.3 Å². The second-order valence-electron chi connectivity index (χ2n) is 5.99. The molecule has 1 fully saturated rings. The van der Waals surface area contributed by atoms with Gasteiger partial charge in [0.25, 0.3) is 0 Å². The molecule has 1 N–H and O–H groups in total. The zero-order valence-corrected chi connectivity index (χ0v) is 15.6. The van der Waals surface area contributed by atoms with Gasteiger partial charge in [0.15, 0.2) is 0 Å². The van der Waals surface area contributed by atoms with Gasteiger partial charge in [0, 0.05) is 23.1 Å². The molecule has 2 heterocycles. The van der Waals surface area contributed by atoms with Crippen LogP contribution in [0.2, 0.25) is 5.02 Å². The van der Waals surface area contributed by atoms with Crippen molar-refractivity contribution in [1.29, 1.82) is 0 Å². The van der Waals surface area contributed by atoms with Crippen molar-refractivity contribution in [2.24, 2.45) is 5.92 Å². The highest BCUT2D eigenvalue weighted by atomic mass is 79.9. The van der Waals surface area contributed by atoms with Crippen LogP contribution in [0.25, 0.3) is 0 Å². The van der Waals surface area contributed by atoms with E-state index in [0.29, 0.717) is 10.8 Å². The Morgan fingerprint density at radius 2 is 2.00 bits per heavy atom. The minimum absolute atomic E-state index is 0.0398. The Balaban J connectivity index is 1.50. The first-order valence-electron chi connectivity index (χ1n) is 8.00. The summed E-state index contributed by atoms with van der Waals surface area (Å²) < 4.78 is 1.14. The number of hydrogen-bond donors (Lipinski definition) is 1. The minimum atomic E-state index is 0.0398. The van der Waals surface area contributed by atoms with E-state index in [4.69, 9.17) is 11.6 Å². The van der Waals surface area contributed by atoms with Crippen molar-refractivity contribution in [2.75, 3.05) is 18.4 Å². The van der Waals surface area contributed by atoms with Crippen LogP contribution in [0.15, 0.2) is 47.1 Å². The van der Waals surface area contributed by atoms with Gasteiger partial charge in [0.2, 0.25) is 5.91 Å². The smallest absolute Gasteiger partial charge is 0.228 e. The molecule has 1 aliphatic heterocycles. The molecule has 0 atom stereocenters. The first kappa shape index (κ1) is 17.4. The first-order chi connectivity index (χ1) is 11.6. The fourth-order valence-corrected chi connectivity index (χ4v) is 3.42. The molecule has 1 aromatic carbocycles. The lowest BCUT2D eigenvalue weighted by atomic mass is 9.95. The Labute approximate surface area is 155 Å². The van der Waals surface area contributed by atoms with Crippen LogP contribution in [0.5, 0.6) is 0 Å². The number of likely N-dealkylation sites (tertiary alicyclic amines) is 1. The van der Waals surface area contributed by atoms with Crippen LogP contribution in [0.1, 0.15) is 18.4 Å². The topological polar surface area (TPSA) is 45.2 Å². The number of carbonyl (C=O) groups excluding carboxylic acids is 1. The molecule has 1 aliphatic rings. The van der Waals surface area contributed by atoms with E-state index in [1.807, 2.05) is 6.07 Å². The number of carbonyl (C=O) groups is 1. The van der Waals surface area contributed by atoms with E-state index >= 15 is 0 Å². The van der Waals surface area contributed by atoms with Gasteiger partial charge in [-0.25, -0.2) is 4.98 Å². The van der Waals surface area contributed by atoms with Gasteiger partial charge in [-0.2, -0.15) is 0 Å². The second kappa shape index (κ2) is 8.10. The predicted octanol–water partition coefficient (Wildman–Crippen LogP) is 4.35. The van der Waals surface area contributed by atoms with Crippen LogP contribution in [0.4, 0.5) is 5.82 Å². The number of anilines is 1. The average Bonchev–Trinajstić information content (AvgIpc) is 2.59. The number of nitrogens with zero attached hydrogens (tertiary/aromatic N) is 2. The lowest BCUT2D eigenvalue weighted by Gasteiger charge is -2.31. The van der Waals surface area contributed by atoms with E-state index in [2.05, 4.69) is 49.3 Å². The highest BCUT2D eigenvalue weighted by Gasteiger charge is 2.25. The number of rotatable bonds is 4. The lowest BCUT2D eigenvalue weighted by Crippen LogP contribution is -2.37. The Morgan fingerprint density at radius 3 is 2.67 bits per heavy atom. The average molecular weight is 409 g/mol. The molecular formula is C18H19BrClN3O. The van der Waals surface area contributed by atoms with Crippen LogP contribution >= 0.6 is 27.5 Å². The second-order valence-corrected chi connectivity index (χ2v) is 7.28. The standard InChI is InChI=1S/C18H19BrClN3O/c19-16-4-2-1-3-14(16)12-23-9-7-13(8-10-23)18(24)22-17-6-5-15(20)11-21-17/h1-6,11,13H,7-10,12H2,(H,21,22,24). The van der Waals surface area contributed by atoms with Crippen molar-refractivity contribution < 1.29 is 4.79 Å². The summed E-state index contributed by atoms with van der Waals surface area (Å²) in [6, 6.07) is 11.7. The van der Waals surface area contributed by atoms with Gasteiger partial charge in [-0.15, -0.1) is 0 Å². The number of amides is 1. The van der Waals surface area contributed by atoms with Gasteiger partial charge in [-0.1, -0.05) is 45.7 Å². The molecule has 0 saturated carbocycles. The maximum Gasteiger partial charge on any atom is 0.228 e. The number of aromatic nitrogens is 1. The van der Waals surface area contributed by atoms with E-state index in [0.717, 1.165) is 36.9 Å². The summed E-state index contributed by atoms with van der Waals surface area (Å²) in [6.45, 7) is 2.76. The molecule has 6 heteroatoms. The summed E-state index contributed by atoms with van der Waals surface area (Å²) >= 11 is 9.40. The maximum atomic E-state index is 12.4. The summed E-state index contributed by atoms with van der Waals surface area (Å²) in [6.07, 6.45) is 3.27. The SMILES string of the molecule is O=C(Nc1ccc(Cl)cn1)C1CCN(Cc2ccccc2Br)CC1. The van der Waals surface area contributed by atoms with E-state index < -0.39 is 0 Å². The number of piperidine rings is 1. The number of benzene rings is 1. The van der Waals surface area contributed by atoms with Gasteiger partial charge in [0.05, 0.1) is 5.02 Å². The summed E-state index contributed by atoms with van der Waals surface area (Å²) in [5.74, 6) is 0.642. The van der Waals surface area contributed by atoms with Crippen LogP contribution in [0.3, 0.4) is 0 Å². The Kier molecular flexibility index (Phi) is 5.87. The van der Waals surface area contributed by atoms with Crippen molar-refractivity contribution in [3.63, 3.8) is 0 Å². The Hall–Kier alpha value is -1.43. The van der Waals surface area contributed by atoms with Crippen molar-refractivity contribution in [1.82, 2.24) is 9.88 Å². The molecule has 1 aromatic heterocycles. The molecule has 24 heavy (non-hydrogen) atoms. The molecule has 1 saturated heterocycles. The van der Waals surface area contributed by atoms with Crippen molar-refractivity contribution in [3.8, 4) is 0 Å². The summed E-state index contributed by atoms with van der Waals surface area (Å²) in [5.41, 5.74) is 1.28. The van der Waals surface area contributed by atoms with Crippen molar-refractivity contribution in [3.05, 3.63) is 57.7 Å².